The molecule has 0 spiro atoms. The molecule has 5 heteroatoms. The molecule has 21 heavy (non-hydrogen) atoms. The molecule has 1 fully saturated rings. The second kappa shape index (κ2) is 5.45. The summed E-state index contributed by atoms with van der Waals surface area (Å²) in [5.41, 5.74) is 6.82. The molecule has 0 radical (unpaired) electrons. The third-order valence-electron chi connectivity index (χ3n) is 3.62. The van der Waals surface area contributed by atoms with E-state index in [1.165, 1.54) is 0 Å². The minimum absolute atomic E-state index is 0.0912. The van der Waals surface area contributed by atoms with Crippen LogP contribution in [0.2, 0.25) is 5.02 Å². The summed E-state index contributed by atoms with van der Waals surface area (Å²) >= 11 is 5.98. The second-order valence-corrected chi connectivity index (χ2v) is 5.84. The van der Waals surface area contributed by atoms with Crippen LogP contribution in [0.15, 0.2) is 34.7 Å². The Hall–Kier alpha value is -1.94. The number of hydrogen-bond donors (Lipinski definition) is 1. The lowest BCUT2D eigenvalue weighted by Gasteiger charge is -2.22. The SMILES string of the molecule is Cc1ccc(CN(C(=O)c2cc(Cl)ccc2N)C2CC2)o1. The number of halogens is 1. The molecule has 3 rings (SSSR count). The number of nitrogens with zero attached hydrogens (tertiary/aromatic N) is 1. The van der Waals surface area contributed by atoms with Crippen molar-refractivity contribution in [2.45, 2.75) is 32.4 Å². The normalized spacial score (nSPS) is 14.2. The highest BCUT2D eigenvalue weighted by atomic mass is 35.5. The molecular weight excluding hydrogens is 288 g/mol. The molecule has 1 aromatic heterocycles. The van der Waals surface area contributed by atoms with E-state index >= 15 is 0 Å². The first-order valence-electron chi connectivity index (χ1n) is 6.96. The highest BCUT2D eigenvalue weighted by Gasteiger charge is 2.34. The number of furan rings is 1. The predicted octanol–water partition coefficient (Wildman–Crippen LogP) is 3.63. The highest BCUT2D eigenvalue weighted by Crippen LogP contribution is 2.31. The molecule has 2 N–H and O–H groups in total. The first kappa shape index (κ1) is 14.0. The molecule has 4 nitrogen and oxygen atoms in total. The van der Waals surface area contributed by atoms with Gasteiger partial charge in [0.05, 0.1) is 12.1 Å². The van der Waals surface area contributed by atoms with Crippen molar-refractivity contribution in [3.8, 4) is 0 Å². The topological polar surface area (TPSA) is 59.5 Å². The molecule has 0 bridgehead atoms. The van der Waals surface area contributed by atoms with Gasteiger partial charge in [-0.1, -0.05) is 11.6 Å². The van der Waals surface area contributed by atoms with Crippen molar-refractivity contribution in [1.82, 2.24) is 4.90 Å². The molecule has 1 amide bonds. The maximum atomic E-state index is 12.8. The summed E-state index contributed by atoms with van der Waals surface area (Å²) in [5.74, 6) is 1.54. The van der Waals surface area contributed by atoms with Crippen molar-refractivity contribution in [2.75, 3.05) is 5.73 Å². The van der Waals surface area contributed by atoms with Gasteiger partial charge in [0.25, 0.3) is 5.91 Å². The van der Waals surface area contributed by atoms with Gasteiger partial charge in [-0.2, -0.15) is 0 Å². The molecule has 1 saturated carbocycles. The number of carbonyl (C=O) groups excluding carboxylic acids is 1. The fourth-order valence-corrected chi connectivity index (χ4v) is 2.53. The Kier molecular flexibility index (Phi) is 3.64. The number of rotatable bonds is 4. The summed E-state index contributed by atoms with van der Waals surface area (Å²) in [6.07, 6.45) is 2.04. The smallest absolute Gasteiger partial charge is 0.256 e. The van der Waals surface area contributed by atoms with E-state index in [0.29, 0.717) is 22.8 Å². The Bertz CT molecular complexity index is 677. The Morgan fingerprint density at radius 1 is 1.38 bits per heavy atom. The van der Waals surface area contributed by atoms with E-state index in [2.05, 4.69) is 0 Å². The number of anilines is 1. The molecule has 1 heterocycles. The summed E-state index contributed by atoms with van der Waals surface area (Å²) in [7, 11) is 0. The molecule has 2 aromatic rings. The summed E-state index contributed by atoms with van der Waals surface area (Å²) in [4.78, 5) is 14.6. The Balaban J connectivity index is 1.86. The molecule has 0 saturated heterocycles. The van der Waals surface area contributed by atoms with Crippen LogP contribution in [-0.4, -0.2) is 16.8 Å². The monoisotopic (exact) mass is 304 g/mol. The van der Waals surface area contributed by atoms with Crippen LogP contribution in [0.1, 0.15) is 34.7 Å². The summed E-state index contributed by atoms with van der Waals surface area (Å²) in [6.45, 7) is 2.35. The van der Waals surface area contributed by atoms with Gasteiger partial charge in [0.1, 0.15) is 11.5 Å². The molecule has 1 aromatic carbocycles. The largest absolute Gasteiger partial charge is 0.464 e. The van der Waals surface area contributed by atoms with Crippen molar-refractivity contribution < 1.29 is 9.21 Å². The van der Waals surface area contributed by atoms with Gasteiger partial charge in [-0.15, -0.1) is 0 Å². The van der Waals surface area contributed by atoms with E-state index in [-0.39, 0.29) is 11.9 Å². The summed E-state index contributed by atoms with van der Waals surface area (Å²) < 4.78 is 5.58. The Labute approximate surface area is 128 Å². The third-order valence-corrected chi connectivity index (χ3v) is 3.85. The minimum atomic E-state index is -0.0912. The molecule has 0 unspecified atom stereocenters. The van der Waals surface area contributed by atoms with Gasteiger partial charge in [-0.3, -0.25) is 4.79 Å². The number of hydrogen-bond acceptors (Lipinski definition) is 3. The van der Waals surface area contributed by atoms with Gasteiger partial charge in [-0.05, 0) is 50.1 Å². The van der Waals surface area contributed by atoms with Crippen LogP contribution >= 0.6 is 11.6 Å². The molecule has 110 valence electrons. The zero-order valence-electron chi connectivity index (χ0n) is 11.8. The van der Waals surface area contributed by atoms with Gasteiger partial charge in [-0.25, -0.2) is 0 Å². The minimum Gasteiger partial charge on any atom is -0.464 e. The predicted molar refractivity (Wildman–Crippen MR) is 82.2 cm³/mol. The number of aryl methyl sites for hydroxylation is 1. The molecular formula is C16H17ClN2O2. The van der Waals surface area contributed by atoms with Gasteiger partial charge in [0.2, 0.25) is 0 Å². The van der Waals surface area contributed by atoms with Crippen LogP contribution in [-0.2, 0) is 6.54 Å². The van der Waals surface area contributed by atoms with Crippen molar-refractivity contribution in [3.63, 3.8) is 0 Å². The van der Waals surface area contributed by atoms with Crippen LogP contribution in [0.4, 0.5) is 5.69 Å². The first-order chi connectivity index (χ1) is 10.0. The van der Waals surface area contributed by atoms with Crippen molar-refractivity contribution in [2.24, 2.45) is 0 Å². The lowest BCUT2D eigenvalue weighted by Crippen LogP contribution is -2.33. The van der Waals surface area contributed by atoms with Crippen molar-refractivity contribution >= 4 is 23.2 Å². The molecule has 0 atom stereocenters. The lowest BCUT2D eigenvalue weighted by molar-refractivity contribution is 0.0718. The standard InChI is InChI=1S/C16H17ClN2O2/c1-10-2-6-13(21-10)9-19(12-4-5-12)16(20)14-8-11(17)3-7-15(14)18/h2-3,6-8,12H,4-5,9,18H2,1H3. The molecule has 1 aliphatic rings. The summed E-state index contributed by atoms with van der Waals surface area (Å²) in [6, 6.07) is 9.05. The van der Waals surface area contributed by atoms with Crippen molar-refractivity contribution in [3.05, 3.63) is 52.4 Å². The van der Waals surface area contributed by atoms with E-state index in [1.54, 1.807) is 18.2 Å². The number of carbonyl (C=O) groups is 1. The van der Waals surface area contributed by atoms with Gasteiger partial charge in [0.15, 0.2) is 0 Å². The first-order valence-corrected chi connectivity index (χ1v) is 7.33. The average molecular weight is 305 g/mol. The van der Waals surface area contributed by atoms with Gasteiger partial charge < -0.3 is 15.1 Å². The lowest BCUT2D eigenvalue weighted by atomic mass is 10.1. The highest BCUT2D eigenvalue weighted by molar-refractivity contribution is 6.31. The van der Waals surface area contributed by atoms with Crippen molar-refractivity contribution in [1.29, 1.82) is 0 Å². The fourth-order valence-electron chi connectivity index (χ4n) is 2.36. The third kappa shape index (κ3) is 3.05. The fraction of sp³-hybridized carbons (Fsp3) is 0.312. The van der Waals surface area contributed by atoms with Crippen LogP contribution in [0, 0.1) is 6.92 Å². The van der Waals surface area contributed by atoms with Gasteiger partial charge >= 0.3 is 0 Å². The van der Waals surface area contributed by atoms with Crippen LogP contribution in [0.3, 0.4) is 0 Å². The molecule has 1 aliphatic carbocycles. The van der Waals surface area contributed by atoms with E-state index in [4.69, 9.17) is 21.8 Å². The van der Waals surface area contributed by atoms with E-state index < -0.39 is 0 Å². The van der Waals surface area contributed by atoms with Crippen LogP contribution in [0.5, 0.6) is 0 Å². The van der Waals surface area contributed by atoms with E-state index in [9.17, 15) is 4.79 Å². The maximum absolute atomic E-state index is 12.8. The van der Waals surface area contributed by atoms with E-state index in [0.717, 1.165) is 24.4 Å². The average Bonchev–Trinajstić information content (AvgIpc) is 3.21. The number of nitrogens with two attached hydrogens (primary N) is 1. The number of nitrogen functional groups attached to an aromatic ring is 1. The zero-order valence-corrected chi connectivity index (χ0v) is 12.6. The zero-order chi connectivity index (χ0) is 15.0. The number of amides is 1. The quantitative estimate of drug-likeness (QED) is 0.877. The van der Waals surface area contributed by atoms with E-state index in [1.807, 2.05) is 24.0 Å². The van der Waals surface area contributed by atoms with Gasteiger partial charge in [0, 0.05) is 16.8 Å². The Morgan fingerprint density at radius 2 is 2.14 bits per heavy atom. The Morgan fingerprint density at radius 3 is 2.76 bits per heavy atom. The van der Waals surface area contributed by atoms with Crippen LogP contribution in [0.25, 0.3) is 0 Å². The summed E-state index contributed by atoms with van der Waals surface area (Å²) in [5, 5.41) is 0.511. The molecule has 0 aliphatic heterocycles. The van der Waals surface area contributed by atoms with Crippen LogP contribution < -0.4 is 5.73 Å². The number of benzene rings is 1. The second-order valence-electron chi connectivity index (χ2n) is 5.41. The maximum Gasteiger partial charge on any atom is 0.256 e.